The molecule has 0 aromatic carbocycles. The second-order valence-corrected chi connectivity index (χ2v) is 6.61. The van der Waals surface area contributed by atoms with Crippen molar-refractivity contribution in [3.63, 3.8) is 0 Å². The molecule has 0 rings (SSSR count). The van der Waals surface area contributed by atoms with Crippen LogP contribution in [0.2, 0.25) is 0.515 Å². The first kappa shape index (κ1) is 27.6. The van der Waals surface area contributed by atoms with Gasteiger partial charge in [-0.3, -0.25) is 0 Å². The molecule has 0 fully saturated rings. The van der Waals surface area contributed by atoms with Gasteiger partial charge in [-0.05, 0) is 42.3 Å². The van der Waals surface area contributed by atoms with Gasteiger partial charge in [0.25, 0.3) is 0 Å². The van der Waals surface area contributed by atoms with Gasteiger partial charge in [0.2, 0.25) is 0 Å². The first-order chi connectivity index (χ1) is 8.50. The van der Waals surface area contributed by atoms with Crippen molar-refractivity contribution in [3.8, 4) is 0 Å². The van der Waals surface area contributed by atoms with Crippen molar-refractivity contribution in [3.05, 3.63) is 12.2 Å². The van der Waals surface area contributed by atoms with E-state index in [9.17, 15) is 9.59 Å². The molecule has 0 atom stereocenters. The summed E-state index contributed by atoms with van der Waals surface area (Å²) in [5, 5.41) is 15.6. The summed E-state index contributed by atoms with van der Waals surface area (Å²) in [4.78, 5) is 23.1. The van der Waals surface area contributed by atoms with Crippen LogP contribution in [0.4, 0.5) is 0 Å². The molecule has 0 saturated heterocycles. The number of carboxylic acids is 2. The molecule has 110 valence electrons. The predicted octanol–water partition coefficient (Wildman–Crippen LogP) is 0.661. The Labute approximate surface area is 151 Å². The number of hydrogen-bond donors (Lipinski definition) is 2. The zero-order valence-electron chi connectivity index (χ0n) is 13.5. The van der Waals surface area contributed by atoms with Crippen LogP contribution < -0.4 is 0 Å². The van der Waals surface area contributed by atoms with Crippen molar-refractivity contribution < 1.29 is 19.8 Å². The third-order valence-electron chi connectivity index (χ3n) is 0.368. The van der Waals surface area contributed by atoms with Crippen LogP contribution in [0.15, 0.2) is 12.2 Å². The fourth-order valence-electron chi connectivity index (χ4n) is 0.143. The van der Waals surface area contributed by atoms with E-state index in [2.05, 4.69) is 6.92 Å². The van der Waals surface area contributed by atoms with Gasteiger partial charge in [-0.15, -0.1) is 0 Å². The number of rotatable bonds is 2. The third kappa shape index (κ3) is 175. The van der Waals surface area contributed by atoms with E-state index in [1.807, 2.05) is 52.1 Å². The number of aliphatic carboxylic acids is 2. The van der Waals surface area contributed by atoms with Gasteiger partial charge in [0.15, 0.2) is 0 Å². The van der Waals surface area contributed by atoms with E-state index in [1.165, 1.54) is 0.515 Å². The van der Waals surface area contributed by atoms with Crippen molar-refractivity contribution in [1.29, 1.82) is 0 Å². The van der Waals surface area contributed by atoms with Crippen LogP contribution in [0.1, 0.15) is 6.92 Å². The maximum absolute atomic E-state index is 9.55. The molecule has 0 aliphatic rings. The van der Waals surface area contributed by atoms with Gasteiger partial charge in [0.1, 0.15) is 0 Å². The number of nitrogens with zero attached hydrogens (tertiary/aromatic N) is 2. The molecule has 0 aliphatic carbocycles. The molecule has 0 spiro atoms. The monoisotopic (exact) mass is 302 g/mol. The summed E-state index contributed by atoms with van der Waals surface area (Å²) in [6, 6.07) is 0. The molecule has 0 bridgehead atoms. The summed E-state index contributed by atoms with van der Waals surface area (Å²) in [6.07, 6.45) is 1.12. The SMILES string of the molecule is CN(C)C.CN(C)C.C[CH2][K].O=C(O)/C=C/C(=O)O. The van der Waals surface area contributed by atoms with Crippen molar-refractivity contribution in [2.24, 2.45) is 0 Å². The predicted molar refractivity (Wildman–Crippen MR) is 79.9 cm³/mol. The van der Waals surface area contributed by atoms with E-state index >= 15 is 0 Å². The normalized spacial score (nSPS) is 8.79. The van der Waals surface area contributed by atoms with E-state index in [4.69, 9.17) is 10.2 Å². The molecule has 0 aliphatic heterocycles. The fourth-order valence-corrected chi connectivity index (χ4v) is 0.143. The molecular weight excluding hydrogens is 275 g/mol. The van der Waals surface area contributed by atoms with E-state index in [1.54, 1.807) is 0 Å². The second kappa shape index (κ2) is 23.3. The Morgan fingerprint density at radius 2 is 1.00 bits per heavy atom. The van der Waals surface area contributed by atoms with Gasteiger partial charge in [-0.1, -0.05) is 0 Å². The smallest absolute Gasteiger partial charge is 0.328 e. The van der Waals surface area contributed by atoms with Crippen molar-refractivity contribution in [2.45, 2.75) is 7.44 Å². The standard InChI is InChI=1S/C4H4O4.2C3H9N.C2H5.K/c5-3(6)1-2-4(7)8;2*1-4(2)3;1-2;/h1-2H,(H,5,6)(H,7,8);2*1-3H3;1H2,2H3;/b2-1+;;;;. The largest absolute Gasteiger partial charge is 0.478 e. The van der Waals surface area contributed by atoms with Gasteiger partial charge < -0.3 is 20.0 Å². The molecule has 19 heavy (non-hydrogen) atoms. The zero-order valence-corrected chi connectivity index (χ0v) is 16.6. The summed E-state index contributed by atoms with van der Waals surface area (Å²) >= 11 is 1.10. The number of hydrogen-bond acceptors (Lipinski definition) is 4. The average Bonchev–Trinajstić information content (AvgIpc) is 2.14. The van der Waals surface area contributed by atoms with Gasteiger partial charge in [-0.2, -0.15) is 0 Å². The molecule has 0 heterocycles. The minimum Gasteiger partial charge on any atom is -0.478 e. The van der Waals surface area contributed by atoms with Gasteiger partial charge in [-0.25, -0.2) is 9.59 Å². The average molecular weight is 302 g/mol. The van der Waals surface area contributed by atoms with Gasteiger partial charge in [0.05, 0.1) is 0 Å². The van der Waals surface area contributed by atoms with Crippen LogP contribution in [0.5, 0.6) is 0 Å². The number of carboxylic acid groups (broad SMARTS) is 2. The molecule has 0 unspecified atom stereocenters. The Hall–Kier alpha value is 0.236. The Morgan fingerprint density at radius 1 is 0.895 bits per heavy atom. The minimum atomic E-state index is -1.26. The van der Waals surface area contributed by atoms with Crippen molar-refractivity contribution in [1.82, 2.24) is 9.80 Å². The number of carbonyl (C=O) groups is 2. The summed E-state index contributed by atoms with van der Waals surface area (Å²) in [6.45, 7) is 2.21. The van der Waals surface area contributed by atoms with Crippen molar-refractivity contribution in [2.75, 3.05) is 42.3 Å². The molecule has 0 amide bonds. The van der Waals surface area contributed by atoms with E-state index < -0.39 is 11.9 Å². The molecule has 6 nitrogen and oxygen atoms in total. The summed E-state index contributed by atoms with van der Waals surface area (Å²) in [7, 11) is 12.0. The molecule has 0 saturated carbocycles. The van der Waals surface area contributed by atoms with Gasteiger partial charge in [0, 0.05) is 12.2 Å². The van der Waals surface area contributed by atoms with Crippen LogP contribution in [-0.4, -0.2) is 123 Å². The Kier molecular flexibility index (Phi) is 33.8. The zero-order chi connectivity index (χ0) is 16.4. The van der Waals surface area contributed by atoms with Crippen LogP contribution >= 0.6 is 0 Å². The maximum Gasteiger partial charge on any atom is 0.328 e. The third-order valence-corrected chi connectivity index (χ3v) is 0.368. The minimum absolute atomic E-state index is 0.558. The van der Waals surface area contributed by atoms with Crippen LogP contribution in [-0.2, 0) is 9.59 Å². The molecule has 0 aromatic heterocycles. The van der Waals surface area contributed by atoms with Crippen LogP contribution in [0.3, 0.4) is 0 Å². The van der Waals surface area contributed by atoms with Crippen LogP contribution in [0.25, 0.3) is 0 Å². The Bertz CT molecular complexity index is 204. The van der Waals surface area contributed by atoms with E-state index in [0.29, 0.717) is 12.2 Å². The van der Waals surface area contributed by atoms with E-state index in [0.717, 1.165) is 49.0 Å². The van der Waals surface area contributed by atoms with Crippen molar-refractivity contribution >= 4 is 60.9 Å². The Balaban J connectivity index is -0.0000000871. The second-order valence-electron chi connectivity index (χ2n) is 4.40. The topological polar surface area (TPSA) is 81.1 Å². The summed E-state index contributed by atoms with van der Waals surface area (Å²) in [5.74, 6) is -2.51. The molecule has 0 aromatic rings. The summed E-state index contributed by atoms with van der Waals surface area (Å²) in [5.41, 5.74) is 0. The molecule has 2 N–H and O–H groups in total. The fraction of sp³-hybridized carbons (Fsp3) is 0.667. The van der Waals surface area contributed by atoms with E-state index in [-0.39, 0.29) is 0 Å². The van der Waals surface area contributed by atoms with Crippen LogP contribution in [0, 0.1) is 0 Å². The molecule has 7 heteroatoms. The first-order valence-electron chi connectivity index (χ1n) is 5.86. The first-order valence-corrected chi connectivity index (χ1v) is 8.07. The van der Waals surface area contributed by atoms with Gasteiger partial charge >= 0.3 is 68.3 Å². The molecular formula is C12H27KN2O4. The Morgan fingerprint density at radius 3 is 1.05 bits per heavy atom. The molecule has 0 radical (unpaired) electrons. The quantitative estimate of drug-likeness (QED) is 0.576. The maximum atomic E-state index is 9.55. The summed E-state index contributed by atoms with van der Waals surface area (Å²) < 4.78 is 1.44.